The first-order valence-corrected chi connectivity index (χ1v) is 9.02. The number of hydrogen-bond donors (Lipinski definition) is 1. The summed E-state index contributed by atoms with van der Waals surface area (Å²) in [5.74, 6) is -1.08. The van der Waals surface area contributed by atoms with Gasteiger partial charge in [0.25, 0.3) is 0 Å². The molecule has 26 heavy (non-hydrogen) atoms. The van der Waals surface area contributed by atoms with Crippen LogP contribution in [-0.4, -0.2) is 63.5 Å². The summed E-state index contributed by atoms with van der Waals surface area (Å²) in [6.45, 7) is 5.11. The van der Waals surface area contributed by atoms with Gasteiger partial charge in [0.2, 0.25) is 0 Å². The molecule has 1 aromatic rings. The smallest absolute Gasteiger partial charge is 0.341 e. The van der Waals surface area contributed by atoms with E-state index in [0.29, 0.717) is 37.3 Å². The molecule has 1 aliphatic rings. The fraction of sp³-hybridized carbons (Fsp3) is 0.579. The lowest BCUT2D eigenvalue weighted by Crippen LogP contribution is -2.37. The molecule has 0 amide bonds. The van der Waals surface area contributed by atoms with E-state index in [1.807, 2.05) is 31.1 Å². The van der Waals surface area contributed by atoms with Crippen LogP contribution < -0.4 is 9.80 Å². The molecular weight excluding hydrogens is 336 g/mol. The van der Waals surface area contributed by atoms with Crippen molar-refractivity contribution in [3.05, 3.63) is 23.3 Å². The lowest BCUT2D eigenvalue weighted by Gasteiger charge is -2.33. The largest absolute Gasteiger partial charge is 0.462 e. The molecule has 0 radical (unpaired) electrons. The van der Waals surface area contributed by atoms with Crippen molar-refractivity contribution in [1.82, 2.24) is 0 Å². The van der Waals surface area contributed by atoms with Crippen molar-refractivity contribution < 1.29 is 24.2 Å². The molecule has 7 heteroatoms. The van der Waals surface area contributed by atoms with E-state index in [1.54, 1.807) is 18.7 Å². The van der Waals surface area contributed by atoms with Gasteiger partial charge in [0.1, 0.15) is 0 Å². The second-order valence-electron chi connectivity index (χ2n) is 6.41. The number of aliphatic hydroxyl groups excluding tert-OH is 1. The highest BCUT2D eigenvalue weighted by atomic mass is 16.5. The molecular formula is C19H28N2O5. The van der Waals surface area contributed by atoms with E-state index in [9.17, 15) is 14.7 Å². The topological polar surface area (TPSA) is 79.3 Å². The standard InChI is InChI=1S/C19H28N2O5/c1-5-25-18(23)16-14(20(3)4)7-8-15(17(16)19(24)26-6-2)21-11-9-13(22)10-12-21/h7-8,13,22H,5-6,9-12H2,1-4H3. The van der Waals surface area contributed by atoms with E-state index in [4.69, 9.17) is 9.47 Å². The Morgan fingerprint density at radius 1 is 1.08 bits per heavy atom. The number of hydrogen-bond acceptors (Lipinski definition) is 7. The van der Waals surface area contributed by atoms with Crippen molar-refractivity contribution in [2.45, 2.75) is 32.8 Å². The van der Waals surface area contributed by atoms with Crippen LogP contribution in [0.2, 0.25) is 0 Å². The minimum atomic E-state index is -0.543. The minimum Gasteiger partial charge on any atom is -0.462 e. The van der Waals surface area contributed by atoms with Crippen molar-refractivity contribution in [2.24, 2.45) is 0 Å². The first kappa shape index (κ1) is 20.0. The van der Waals surface area contributed by atoms with Crippen LogP contribution in [0.3, 0.4) is 0 Å². The van der Waals surface area contributed by atoms with Crippen molar-refractivity contribution in [3.8, 4) is 0 Å². The van der Waals surface area contributed by atoms with Crippen LogP contribution in [0, 0.1) is 0 Å². The van der Waals surface area contributed by atoms with Gasteiger partial charge in [-0.05, 0) is 38.8 Å². The summed E-state index contributed by atoms with van der Waals surface area (Å²) in [6.07, 6.45) is 0.904. The predicted molar refractivity (Wildman–Crippen MR) is 100 cm³/mol. The average Bonchev–Trinajstić information content (AvgIpc) is 2.61. The Labute approximate surface area is 154 Å². The summed E-state index contributed by atoms with van der Waals surface area (Å²) in [5.41, 5.74) is 1.70. The van der Waals surface area contributed by atoms with Gasteiger partial charge in [0.15, 0.2) is 0 Å². The van der Waals surface area contributed by atoms with Crippen LogP contribution >= 0.6 is 0 Å². The van der Waals surface area contributed by atoms with Gasteiger partial charge in [-0.25, -0.2) is 9.59 Å². The Hall–Kier alpha value is -2.28. The molecule has 1 saturated heterocycles. The third kappa shape index (κ3) is 4.27. The molecule has 0 saturated carbocycles. The van der Waals surface area contributed by atoms with Gasteiger partial charge >= 0.3 is 11.9 Å². The van der Waals surface area contributed by atoms with Crippen LogP contribution in [0.25, 0.3) is 0 Å². The zero-order valence-electron chi connectivity index (χ0n) is 15.9. The van der Waals surface area contributed by atoms with Crippen LogP contribution in [-0.2, 0) is 9.47 Å². The SMILES string of the molecule is CCOC(=O)c1c(N(C)C)ccc(N2CCC(O)CC2)c1C(=O)OCC. The number of benzene rings is 1. The molecule has 0 unspecified atom stereocenters. The van der Waals surface area contributed by atoms with Gasteiger partial charge in [-0.2, -0.15) is 0 Å². The molecule has 0 aromatic heterocycles. The molecule has 2 rings (SSSR count). The molecule has 1 aromatic carbocycles. The Morgan fingerprint density at radius 3 is 2.12 bits per heavy atom. The van der Waals surface area contributed by atoms with E-state index < -0.39 is 11.9 Å². The zero-order chi connectivity index (χ0) is 19.3. The van der Waals surface area contributed by atoms with Crippen molar-refractivity contribution >= 4 is 23.3 Å². The van der Waals surface area contributed by atoms with Crippen molar-refractivity contribution in [1.29, 1.82) is 0 Å². The predicted octanol–water partition coefficient (Wildman–Crippen LogP) is 2.07. The molecule has 0 aliphatic carbocycles. The molecule has 1 N–H and O–H groups in total. The fourth-order valence-corrected chi connectivity index (χ4v) is 3.14. The van der Waals surface area contributed by atoms with E-state index in [0.717, 1.165) is 0 Å². The van der Waals surface area contributed by atoms with Crippen LogP contribution in [0.4, 0.5) is 11.4 Å². The number of rotatable bonds is 6. The number of ether oxygens (including phenoxy) is 2. The Morgan fingerprint density at radius 2 is 1.62 bits per heavy atom. The van der Waals surface area contributed by atoms with Crippen molar-refractivity contribution in [2.75, 3.05) is 50.2 Å². The number of aliphatic hydroxyl groups is 1. The molecule has 1 fully saturated rings. The minimum absolute atomic E-state index is 0.214. The van der Waals surface area contributed by atoms with Crippen molar-refractivity contribution in [3.63, 3.8) is 0 Å². The summed E-state index contributed by atoms with van der Waals surface area (Å²) >= 11 is 0. The number of carbonyl (C=O) groups is 2. The monoisotopic (exact) mass is 364 g/mol. The highest BCUT2D eigenvalue weighted by Crippen LogP contribution is 2.34. The van der Waals surface area contributed by atoms with Crippen LogP contribution in [0.15, 0.2) is 12.1 Å². The Kier molecular flexibility index (Phi) is 6.85. The summed E-state index contributed by atoms with van der Waals surface area (Å²) in [7, 11) is 3.62. The molecule has 1 heterocycles. The summed E-state index contributed by atoms with van der Waals surface area (Å²) in [4.78, 5) is 29.2. The van der Waals surface area contributed by atoms with Crippen LogP contribution in [0.1, 0.15) is 47.4 Å². The van der Waals surface area contributed by atoms with Gasteiger partial charge < -0.3 is 24.4 Å². The first-order chi connectivity index (χ1) is 12.4. The summed E-state index contributed by atoms with van der Waals surface area (Å²) in [6, 6.07) is 3.65. The molecule has 7 nitrogen and oxygen atoms in total. The fourth-order valence-electron chi connectivity index (χ4n) is 3.14. The zero-order valence-corrected chi connectivity index (χ0v) is 15.9. The summed E-state index contributed by atoms with van der Waals surface area (Å²) < 4.78 is 10.5. The number of esters is 2. The third-order valence-corrected chi connectivity index (χ3v) is 4.41. The Bertz CT molecular complexity index is 652. The maximum atomic E-state index is 12.8. The summed E-state index contributed by atoms with van der Waals surface area (Å²) in [5, 5.41) is 9.77. The van der Waals surface area contributed by atoms with Gasteiger partial charge in [0, 0.05) is 27.2 Å². The maximum absolute atomic E-state index is 12.8. The second-order valence-corrected chi connectivity index (χ2v) is 6.41. The average molecular weight is 364 g/mol. The normalized spacial score (nSPS) is 14.9. The highest BCUT2D eigenvalue weighted by molar-refractivity contribution is 6.11. The lowest BCUT2D eigenvalue weighted by molar-refractivity contribution is 0.0480. The lowest BCUT2D eigenvalue weighted by atomic mass is 9.99. The van der Waals surface area contributed by atoms with Crippen LogP contribution in [0.5, 0.6) is 0 Å². The number of anilines is 2. The quantitative estimate of drug-likeness (QED) is 0.774. The highest BCUT2D eigenvalue weighted by Gasteiger charge is 2.30. The molecule has 0 atom stereocenters. The number of piperidine rings is 1. The maximum Gasteiger partial charge on any atom is 0.341 e. The molecule has 0 bridgehead atoms. The van der Waals surface area contributed by atoms with E-state index in [2.05, 4.69) is 0 Å². The number of nitrogens with zero attached hydrogens (tertiary/aromatic N) is 2. The number of carbonyl (C=O) groups excluding carboxylic acids is 2. The van der Waals surface area contributed by atoms with Gasteiger partial charge in [-0.15, -0.1) is 0 Å². The molecule has 0 spiro atoms. The van der Waals surface area contributed by atoms with Gasteiger partial charge in [-0.1, -0.05) is 0 Å². The molecule has 1 aliphatic heterocycles. The second kappa shape index (κ2) is 8.89. The third-order valence-electron chi connectivity index (χ3n) is 4.41. The molecule has 144 valence electrons. The Balaban J connectivity index is 2.61. The van der Waals surface area contributed by atoms with Gasteiger partial charge in [0.05, 0.1) is 41.8 Å². The first-order valence-electron chi connectivity index (χ1n) is 9.02. The van der Waals surface area contributed by atoms with Gasteiger partial charge in [-0.3, -0.25) is 0 Å². The van der Waals surface area contributed by atoms with E-state index >= 15 is 0 Å². The van der Waals surface area contributed by atoms with E-state index in [1.165, 1.54) is 0 Å². The van der Waals surface area contributed by atoms with E-state index in [-0.39, 0.29) is 30.4 Å².